The standard InChI is InChI=1S/C14H24N2O3/c1-16-9-11(8-14(16)18)15-13(17)7-10-4-3-5-12(6-10)19-2/h10-12H,3-9H2,1-2H3,(H,15,17). The van der Waals surface area contributed by atoms with E-state index in [2.05, 4.69) is 5.32 Å². The fourth-order valence-electron chi connectivity index (χ4n) is 3.15. The molecule has 0 spiro atoms. The lowest BCUT2D eigenvalue weighted by Crippen LogP contribution is -2.38. The van der Waals surface area contributed by atoms with Crippen LogP contribution in [0.25, 0.3) is 0 Å². The van der Waals surface area contributed by atoms with E-state index < -0.39 is 0 Å². The second kappa shape index (κ2) is 6.37. The summed E-state index contributed by atoms with van der Waals surface area (Å²) in [6, 6.07) is -0.00758. The minimum Gasteiger partial charge on any atom is -0.381 e. The first-order valence-electron chi connectivity index (χ1n) is 7.14. The quantitative estimate of drug-likeness (QED) is 0.825. The third-order valence-corrected chi connectivity index (χ3v) is 4.25. The van der Waals surface area contributed by atoms with Gasteiger partial charge in [0.25, 0.3) is 0 Å². The third-order valence-electron chi connectivity index (χ3n) is 4.25. The molecule has 5 heteroatoms. The van der Waals surface area contributed by atoms with Gasteiger partial charge in [-0.2, -0.15) is 0 Å². The molecule has 0 aromatic carbocycles. The predicted octanol–water partition coefficient (Wildman–Crippen LogP) is 0.929. The average molecular weight is 268 g/mol. The van der Waals surface area contributed by atoms with Gasteiger partial charge in [0, 0.05) is 33.5 Å². The Hall–Kier alpha value is -1.10. The highest BCUT2D eigenvalue weighted by Crippen LogP contribution is 2.28. The summed E-state index contributed by atoms with van der Waals surface area (Å²) in [6.07, 6.45) is 5.65. The molecule has 1 aliphatic carbocycles. The van der Waals surface area contributed by atoms with Gasteiger partial charge in [0.15, 0.2) is 0 Å². The van der Waals surface area contributed by atoms with Crippen LogP contribution in [-0.4, -0.2) is 49.6 Å². The molecule has 0 radical (unpaired) electrons. The van der Waals surface area contributed by atoms with Crippen LogP contribution in [0.4, 0.5) is 0 Å². The minimum atomic E-state index is -0.00758. The molecule has 2 aliphatic rings. The van der Waals surface area contributed by atoms with Gasteiger partial charge in [-0.25, -0.2) is 0 Å². The summed E-state index contributed by atoms with van der Waals surface area (Å²) in [5.41, 5.74) is 0. The van der Waals surface area contributed by atoms with Crippen LogP contribution in [0.15, 0.2) is 0 Å². The van der Waals surface area contributed by atoms with E-state index in [1.54, 1.807) is 19.1 Å². The van der Waals surface area contributed by atoms with Crippen LogP contribution >= 0.6 is 0 Å². The highest BCUT2D eigenvalue weighted by atomic mass is 16.5. The molecule has 0 aromatic heterocycles. The van der Waals surface area contributed by atoms with Crippen LogP contribution in [0.2, 0.25) is 0 Å². The molecule has 1 saturated heterocycles. The first-order chi connectivity index (χ1) is 9.08. The van der Waals surface area contributed by atoms with Crippen molar-refractivity contribution in [3.63, 3.8) is 0 Å². The topological polar surface area (TPSA) is 58.6 Å². The van der Waals surface area contributed by atoms with E-state index in [4.69, 9.17) is 4.74 Å². The van der Waals surface area contributed by atoms with Gasteiger partial charge in [-0.3, -0.25) is 9.59 Å². The number of methoxy groups -OCH3 is 1. The van der Waals surface area contributed by atoms with Crippen LogP contribution in [0.1, 0.15) is 38.5 Å². The van der Waals surface area contributed by atoms with E-state index in [9.17, 15) is 9.59 Å². The Morgan fingerprint density at radius 2 is 2.26 bits per heavy atom. The third kappa shape index (κ3) is 3.93. The molecule has 2 amide bonds. The highest BCUT2D eigenvalue weighted by Gasteiger charge is 2.29. The van der Waals surface area contributed by atoms with Crippen molar-refractivity contribution in [3.8, 4) is 0 Å². The molecule has 3 atom stereocenters. The van der Waals surface area contributed by atoms with Crippen molar-refractivity contribution in [1.82, 2.24) is 10.2 Å². The molecule has 3 unspecified atom stereocenters. The van der Waals surface area contributed by atoms with Gasteiger partial charge in [0.1, 0.15) is 0 Å². The van der Waals surface area contributed by atoms with Crippen molar-refractivity contribution in [1.29, 1.82) is 0 Å². The molecule has 2 fully saturated rings. The van der Waals surface area contributed by atoms with Crippen molar-refractivity contribution in [3.05, 3.63) is 0 Å². The Balaban J connectivity index is 1.74. The Morgan fingerprint density at radius 1 is 1.47 bits per heavy atom. The van der Waals surface area contributed by atoms with E-state index in [1.807, 2.05) is 0 Å². The van der Waals surface area contributed by atoms with Gasteiger partial charge in [0.2, 0.25) is 11.8 Å². The second-order valence-corrected chi connectivity index (χ2v) is 5.84. The lowest BCUT2D eigenvalue weighted by molar-refractivity contribution is -0.126. The Kier molecular flexibility index (Phi) is 4.80. The van der Waals surface area contributed by atoms with Crippen LogP contribution in [0.3, 0.4) is 0 Å². The number of amides is 2. The number of carbonyl (C=O) groups excluding carboxylic acids is 2. The summed E-state index contributed by atoms with van der Waals surface area (Å²) in [7, 11) is 3.52. The Bertz CT molecular complexity index is 346. The first kappa shape index (κ1) is 14.3. The molecule has 1 N–H and O–H groups in total. The van der Waals surface area contributed by atoms with Gasteiger partial charge in [0.05, 0.1) is 12.1 Å². The summed E-state index contributed by atoms with van der Waals surface area (Å²) in [4.78, 5) is 25.1. The zero-order valence-electron chi connectivity index (χ0n) is 11.9. The smallest absolute Gasteiger partial charge is 0.224 e. The number of rotatable bonds is 4. The van der Waals surface area contributed by atoms with Gasteiger partial charge < -0.3 is 15.0 Å². The Morgan fingerprint density at radius 3 is 2.89 bits per heavy atom. The van der Waals surface area contributed by atoms with Crippen molar-refractivity contribution in [2.45, 2.75) is 50.7 Å². The van der Waals surface area contributed by atoms with E-state index in [0.717, 1.165) is 25.7 Å². The van der Waals surface area contributed by atoms with Gasteiger partial charge in [-0.15, -0.1) is 0 Å². The van der Waals surface area contributed by atoms with Crippen molar-refractivity contribution >= 4 is 11.8 Å². The van der Waals surface area contributed by atoms with Crippen LogP contribution in [0, 0.1) is 5.92 Å². The fraction of sp³-hybridized carbons (Fsp3) is 0.857. The van der Waals surface area contributed by atoms with E-state index in [-0.39, 0.29) is 17.9 Å². The summed E-state index contributed by atoms with van der Waals surface area (Å²) in [6.45, 7) is 0.635. The largest absolute Gasteiger partial charge is 0.381 e. The number of ether oxygens (including phenoxy) is 1. The molecule has 0 bridgehead atoms. The normalized spacial score (nSPS) is 31.6. The number of carbonyl (C=O) groups is 2. The first-order valence-corrected chi connectivity index (χ1v) is 7.14. The summed E-state index contributed by atoms with van der Waals surface area (Å²) in [5.74, 6) is 0.616. The lowest BCUT2D eigenvalue weighted by atomic mass is 9.85. The molecular weight excluding hydrogens is 244 g/mol. The SMILES string of the molecule is COC1CCCC(CC(=O)NC2CC(=O)N(C)C2)C1. The molecule has 1 saturated carbocycles. The molecular formula is C14H24N2O3. The number of hydrogen-bond acceptors (Lipinski definition) is 3. The average Bonchev–Trinajstić information content (AvgIpc) is 2.68. The van der Waals surface area contributed by atoms with Crippen molar-refractivity contribution < 1.29 is 14.3 Å². The molecule has 0 aromatic rings. The maximum atomic E-state index is 12.0. The number of likely N-dealkylation sites (N-methyl/N-ethyl adjacent to an activating group) is 1. The van der Waals surface area contributed by atoms with Gasteiger partial charge in [-0.05, 0) is 25.2 Å². The van der Waals surface area contributed by atoms with Crippen molar-refractivity contribution in [2.24, 2.45) is 5.92 Å². The Labute approximate surface area is 114 Å². The van der Waals surface area contributed by atoms with Gasteiger partial charge in [-0.1, -0.05) is 6.42 Å². The van der Waals surface area contributed by atoms with Crippen LogP contribution in [0.5, 0.6) is 0 Å². The molecule has 1 aliphatic heterocycles. The number of likely N-dealkylation sites (tertiary alicyclic amines) is 1. The van der Waals surface area contributed by atoms with Gasteiger partial charge >= 0.3 is 0 Å². The van der Waals surface area contributed by atoms with E-state index in [1.165, 1.54) is 0 Å². The molecule has 19 heavy (non-hydrogen) atoms. The van der Waals surface area contributed by atoms with Crippen LogP contribution in [-0.2, 0) is 14.3 Å². The second-order valence-electron chi connectivity index (χ2n) is 5.84. The lowest BCUT2D eigenvalue weighted by Gasteiger charge is -2.28. The molecule has 1 heterocycles. The molecule has 108 valence electrons. The predicted molar refractivity (Wildman–Crippen MR) is 71.6 cm³/mol. The zero-order chi connectivity index (χ0) is 13.8. The zero-order valence-corrected chi connectivity index (χ0v) is 11.9. The number of nitrogens with zero attached hydrogens (tertiary/aromatic N) is 1. The van der Waals surface area contributed by atoms with Crippen LogP contribution < -0.4 is 5.32 Å². The number of hydrogen-bond donors (Lipinski definition) is 1. The highest BCUT2D eigenvalue weighted by molar-refractivity contribution is 5.82. The monoisotopic (exact) mass is 268 g/mol. The summed E-state index contributed by atoms with van der Waals surface area (Å²) in [5, 5.41) is 2.98. The molecule has 2 rings (SSSR count). The van der Waals surface area contributed by atoms with E-state index in [0.29, 0.717) is 31.4 Å². The molecule has 5 nitrogen and oxygen atoms in total. The summed E-state index contributed by atoms with van der Waals surface area (Å²) < 4.78 is 5.38. The van der Waals surface area contributed by atoms with Crippen molar-refractivity contribution in [2.75, 3.05) is 20.7 Å². The summed E-state index contributed by atoms with van der Waals surface area (Å²) >= 11 is 0. The van der Waals surface area contributed by atoms with E-state index >= 15 is 0 Å². The minimum absolute atomic E-state index is 0.00758. The number of nitrogens with one attached hydrogen (secondary N) is 1. The maximum absolute atomic E-state index is 12.0. The fourth-order valence-corrected chi connectivity index (χ4v) is 3.15. The maximum Gasteiger partial charge on any atom is 0.224 e.